The molecule has 1 saturated carbocycles. The van der Waals surface area contributed by atoms with Crippen LogP contribution in [-0.4, -0.2) is 47.4 Å². The van der Waals surface area contributed by atoms with Crippen LogP contribution in [0.3, 0.4) is 0 Å². The first-order valence-corrected chi connectivity index (χ1v) is 15.0. The molecule has 2 amide bonds. The molecule has 5 nitrogen and oxygen atoms in total. The topological polar surface area (TPSA) is 61.4 Å². The average molecular weight is 512 g/mol. The highest BCUT2D eigenvalue weighted by Crippen LogP contribution is 2.39. The lowest BCUT2D eigenvalue weighted by atomic mass is 9.72. The van der Waals surface area contributed by atoms with Gasteiger partial charge in [0.1, 0.15) is 0 Å². The molecule has 1 aliphatic carbocycles. The number of amides is 2. The van der Waals surface area contributed by atoms with Gasteiger partial charge in [0.2, 0.25) is 11.8 Å². The summed E-state index contributed by atoms with van der Waals surface area (Å²) in [4.78, 5) is 29.3. The van der Waals surface area contributed by atoms with Crippen LogP contribution in [-0.2, 0) is 16.0 Å². The molecule has 37 heavy (non-hydrogen) atoms. The summed E-state index contributed by atoms with van der Waals surface area (Å²) >= 11 is 0. The van der Waals surface area contributed by atoms with Gasteiger partial charge in [-0.05, 0) is 76.2 Å². The van der Waals surface area contributed by atoms with Crippen molar-refractivity contribution in [3.05, 3.63) is 35.9 Å². The zero-order valence-electron chi connectivity index (χ0n) is 24.4. The van der Waals surface area contributed by atoms with Gasteiger partial charge in [0.15, 0.2) is 0 Å². The summed E-state index contributed by atoms with van der Waals surface area (Å²) in [7, 11) is 0. The van der Waals surface area contributed by atoms with E-state index in [-0.39, 0.29) is 41.3 Å². The van der Waals surface area contributed by atoms with Crippen molar-refractivity contribution in [3.63, 3.8) is 0 Å². The Morgan fingerprint density at radius 3 is 2.22 bits per heavy atom. The maximum Gasteiger partial charge on any atom is 0.237 e. The number of likely N-dealkylation sites (tertiary alicyclic amines) is 1. The number of carbonyl (C=O) groups is 2. The summed E-state index contributed by atoms with van der Waals surface area (Å²) < 4.78 is 0. The molecule has 1 heterocycles. The summed E-state index contributed by atoms with van der Waals surface area (Å²) in [5, 5.41) is 6.77. The van der Waals surface area contributed by atoms with Crippen molar-refractivity contribution >= 4 is 11.8 Å². The van der Waals surface area contributed by atoms with Crippen LogP contribution in [0.5, 0.6) is 0 Å². The van der Waals surface area contributed by atoms with Crippen LogP contribution in [0.1, 0.15) is 98.5 Å². The van der Waals surface area contributed by atoms with Crippen LogP contribution in [0.25, 0.3) is 0 Å². The Hall–Kier alpha value is -1.88. The second-order valence-corrected chi connectivity index (χ2v) is 12.7. The molecule has 2 aliphatic rings. The molecular formula is C32H53N3O2. The first kappa shape index (κ1) is 29.7. The molecule has 5 heteroatoms. The van der Waals surface area contributed by atoms with Crippen molar-refractivity contribution in [3.8, 4) is 0 Å². The molecule has 3 rings (SSSR count). The van der Waals surface area contributed by atoms with Crippen LogP contribution >= 0.6 is 0 Å². The summed E-state index contributed by atoms with van der Waals surface area (Å²) in [5.41, 5.74) is 1.01. The molecule has 2 fully saturated rings. The van der Waals surface area contributed by atoms with E-state index in [2.05, 4.69) is 81.3 Å². The second kappa shape index (κ2) is 13.8. The van der Waals surface area contributed by atoms with Gasteiger partial charge in [-0.15, -0.1) is 0 Å². The summed E-state index contributed by atoms with van der Waals surface area (Å²) in [6.45, 7) is 14.5. The number of nitrogens with one attached hydrogen (secondary N) is 2. The van der Waals surface area contributed by atoms with Crippen molar-refractivity contribution in [2.45, 2.75) is 117 Å². The van der Waals surface area contributed by atoms with E-state index < -0.39 is 0 Å². The Morgan fingerprint density at radius 1 is 0.973 bits per heavy atom. The van der Waals surface area contributed by atoms with Crippen molar-refractivity contribution < 1.29 is 9.59 Å². The van der Waals surface area contributed by atoms with Crippen LogP contribution in [0.4, 0.5) is 0 Å². The average Bonchev–Trinajstić information content (AvgIpc) is 2.86. The SMILES string of the molecule is CCC(CC)C(=O)NC(Cc1ccccc1)C(CC)CN1CC2CCCCC2CC1C(=O)NC(C)(C)C. The van der Waals surface area contributed by atoms with Crippen molar-refractivity contribution in [1.29, 1.82) is 0 Å². The summed E-state index contributed by atoms with van der Waals surface area (Å²) in [6.07, 6.45) is 9.64. The lowest BCUT2D eigenvalue weighted by Crippen LogP contribution is -2.59. The van der Waals surface area contributed by atoms with Gasteiger partial charge in [0, 0.05) is 30.6 Å². The molecule has 0 spiro atoms. The highest BCUT2D eigenvalue weighted by atomic mass is 16.2. The third kappa shape index (κ3) is 8.56. The third-order valence-corrected chi connectivity index (χ3v) is 8.85. The van der Waals surface area contributed by atoms with E-state index in [1.807, 2.05) is 6.07 Å². The first-order chi connectivity index (χ1) is 17.6. The molecule has 1 saturated heterocycles. The lowest BCUT2D eigenvalue weighted by molar-refractivity contribution is -0.132. The Balaban J connectivity index is 1.84. The minimum Gasteiger partial charge on any atom is -0.352 e. The predicted molar refractivity (Wildman–Crippen MR) is 153 cm³/mol. The zero-order valence-corrected chi connectivity index (χ0v) is 24.4. The minimum absolute atomic E-state index is 0.0518. The van der Waals surface area contributed by atoms with E-state index >= 15 is 0 Å². The molecular weight excluding hydrogens is 458 g/mol. The van der Waals surface area contributed by atoms with Gasteiger partial charge in [0.05, 0.1) is 6.04 Å². The summed E-state index contributed by atoms with van der Waals surface area (Å²) in [5.74, 6) is 2.04. The quantitative estimate of drug-likeness (QED) is 0.385. The Labute approximate surface area is 226 Å². The standard InChI is InChI=1S/C32H53N3O2/c1-7-24(8-2)30(36)33-28(19-23-15-11-10-12-16-23)25(9-3)21-35-22-27-18-14-13-17-26(27)20-29(35)31(37)34-32(4,5)6/h10-12,15-16,24-29H,7-9,13-14,17-22H2,1-6H3,(H,33,36)(H,34,37). The molecule has 208 valence electrons. The molecule has 2 N–H and O–H groups in total. The molecule has 0 radical (unpaired) electrons. The van der Waals surface area contributed by atoms with Gasteiger partial charge < -0.3 is 10.6 Å². The van der Waals surface area contributed by atoms with Gasteiger partial charge in [-0.3, -0.25) is 14.5 Å². The minimum atomic E-state index is -0.241. The van der Waals surface area contributed by atoms with E-state index in [0.29, 0.717) is 11.8 Å². The zero-order chi connectivity index (χ0) is 27.0. The maximum absolute atomic E-state index is 13.6. The highest BCUT2D eigenvalue weighted by molar-refractivity contribution is 5.82. The third-order valence-electron chi connectivity index (χ3n) is 8.85. The Morgan fingerprint density at radius 2 is 1.62 bits per heavy atom. The molecule has 0 bridgehead atoms. The van der Waals surface area contributed by atoms with Crippen molar-refractivity contribution in [2.24, 2.45) is 23.7 Å². The molecule has 1 aromatic carbocycles. The number of carbonyl (C=O) groups excluding carboxylic acids is 2. The number of benzene rings is 1. The van der Waals surface area contributed by atoms with Crippen LogP contribution in [0.15, 0.2) is 30.3 Å². The predicted octanol–water partition coefficient (Wildman–Crippen LogP) is 5.97. The second-order valence-electron chi connectivity index (χ2n) is 12.7. The van der Waals surface area contributed by atoms with Crippen LogP contribution < -0.4 is 10.6 Å². The van der Waals surface area contributed by atoms with Crippen molar-refractivity contribution in [1.82, 2.24) is 15.5 Å². The number of hydrogen-bond acceptors (Lipinski definition) is 3. The first-order valence-electron chi connectivity index (χ1n) is 15.0. The van der Waals surface area contributed by atoms with Gasteiger partial charge in [0.25, 0.3) is 0 Å². The number of fused-ring (bicyclic) bond motifs is 1. The van der Waals surface area contributed by atoms with Gasteiger partial charge in [-0.25, -0.2) is 0 Å². The fourth-order valence-electron chi connectivity index (χ4n) is 6.63. The lowest BCUT2D eigenvalue weighted by Gasteiger charge is -2.47. The van der Waals surface area contributed by atoms with Gasteiger partial charge in [-0.2, -0.15) is 0 Å². The maximum atomic E-state index is 13.6. The van der Waals surface area contributed by atoms with Crippen molar-refractivity contribution in [2.75, 3.05) is 13.1 Å². The van der Waals surface area contributed by atoms with E-state index in [1.165, 1.54) is 31.2 Å². The highest BCUT2D eigenvalue weighted by Gasteiger charge is 2.41. The number of piperidine rings is 1. The van der Waals surface area contributed by atoms with E-state index in [4.69, 9.17) is 0 Å². The fourth-order valence-corrected chi connectivity index (χ4v) is 6.63. The van der Waals surface area contributed by atoms with E-state index in [9.17, 15) is 9.59 Å². The monoisotopic (exact) mass is 511 g/mol. The smallest absolute Gasteiger partial charge is 0.237 e. The van der Waals surface area contributed by atoms with Gasteiger partial charge >= 0.3 is 0 Å². The Bertz CT molecular complexity index is 845. The largest absolute Gasteiger partial charge is 0.352 e. The molecule has 5 atom stereocenters. The molecule has 5 unspecified atom stereocenters. The van der Waals surface area contributed by atoms with Crippen LogP contribution in [0, 0.1) is 23.7 Å². The number of hydrogen-bond donors (Lipinski definition) is 2. The molecule has 0 aromatic heterocycles. The Kier molecular flexibility index (Phi) is 11.0. The normalized spacial score (nSPS) is 24.2. The summed E-state index contributed by atoms with van der Waals surface area (Å²) in [6, 6.07) is 10.5. The number of nitrogens with zero attached hydrogens (tertiary/aromatic N) is 1. The molecule has 1 aromatic rings. The van der Waals surface area contributed by atoms with E-state index in [1.54, 1.807) is 0 Å². The van der Waals surface area contributed by atoms with E-state index in [0.717, 1.165) is 45.2 Å². The van der Waals surface area contributed by atoms with Crippen LogP contribution in [0.2, 0.25) is 0 Å². The number of rotatable bonds is 11. The van der Waals surface area contributed by atoms with Gasteiger partial charge in [-0.1, -0.05) is 76.8 Å². The molecule has 1 aliphatic heterocycles. The fraction of sp³-hybridized carbons (Fsp3) is 0.750.